The molecule has 6 nitrogen and oxygen atoms in total. The predicted molar refractivity (Wildman–Crippen MR) is 74.5 cm³/mol. The third kappa shape index (κ3) is 5.82. The number of rotatable bonds is 4. The van der Waals surface area contributed by atoms with Gasteiger partial charge in [-0.15, -0.1) is 0 Å². The van der Waals surface area contributed by atoms with Crippen LogP contribution in [0.4, 0.5) is 15.3 Å². The topological polar surface area (TPSA) is 76.7 Å². The Bertz CT molecular complexity index is 408. The smallest absolute Gasteiger partial charge is 0.415 e. The second-order valence-electron chi connectivity index (χ2n) is 3.21. The summed E-state index contributed by atoms with van der Waals surface area (Å²) in [5.74, 6) is 0. The molecule has 0 aliphatic carbocycles. The van der Waals surface area contributed by atoms with Crippen molar-refractivity contribution in [3.8, 4) is 0 Å². The van der Waals surface area contributed by atoms with E-state index < -0.39 is 12.1 Å². The van der Waals surface area contributed by atoms with Crippen molar-refractivity contribution < 1.29 is 19.1 Å². The van der Waals surface area contributed by atoms with Gasteiger partial charge < -0.3 is 14.8 Å². The lowest BCUT2D eigenvalue weighted by Gasteiger charge is -2.07. The maximum atomic E-state index is 11.4. The summed E-state index contributed by atoms with van der Waals surface area (Å²) in [4.78, 5) is 22.5. The Morgan fingerprint density at radius 2 is 1.89 bits per heavy atom. The number of imide groups is 1. The average molecular weight is 364 g/mol. The summed E-state index contributed by atoms with van der Waals surface area (Å²) in [5.41, 5.74) is 0.595. The summed E-state index contributed by atoms with van der Waals surface area (Å²) in [5, 5.41) is 4.54. The summed E-state index contributed by atoms with van der Waals surface area (Å²) >= 11 is 2.15. The van der Waals surface area contributed by atoms with E-state index in [1.165, 1.54) is 7.11 Å². The quantitative estimate of drug-likeness (QED) is 0.635. The molecule has 0 aliphatic rings. The molecule has 0 atom stereocenters. The number of alkyl carbamates (subject to hydrolysis) is 1. The first-order valence-electron chi connectivity index (χ1n) is 5.11. The molecule has 7 heteroatoms. The molecule has 0 fully saturated rings. The Balaban J connectivity index is 2.32. The highest BCUT2D eigenvalue weighted by Crippen LogP contribution is 2.10. The van der Waals surface area contributed by atoms with Gasteiger partial charge in [0.05, 0.1) is 6.61 Å². The first kappa shape index (κ1) is 14.7. The highest BCUT2D eigenvalue weighted by atomic mass is 127. The van der Waals surface area contributed by atoms with E-state index in [1.807, 2.05) is 17.4 Å². The Morgan fingerprint density at radius 3 is 2.50 bits per heavy atom. The van der Waals surface area contributed by atoms with Crippen LogP contribution in [0.15, 0.2) is 24.3 Å². The fourth-order valence-corrected chi connectivity index (χ4v) is 1.40. The molecule has 98 valence electrons. The zero-order valence-corrected chi connectivity index (χ0v) is 11.9. The molecule has 0 radical (unpaired) electrons. The van der Waals surface area contributed by atoms with Crippen LogP contribution >= 0.6 is 22.6 Å². The van der Waals surface area contributed by atoms with Crippen LogP contribution in [0, 0.1) is 3.57 Å². The molecule has 1 rings (SSSR count). The number of urea groups is 1. The maximum Gasteiger partial charge on any atom is 0.415 e. The molecule has 0 aromatic heterocycles. The first-order valence-corrected chi connectivity index (χ1v) is 6.19. The van der Waals surface area contributed by atoms with E-state index in [1.54, 1.807) is 12.1 Å². The SMILES string of the molecule is COCCOC(=O)NC(=O)Nc1ccc(I)cc1. The van der Waals surface area contributed by atoms with E-state index in [0.29, 0.717) is 5.69 Å². The van der Waals surface area contributed by atoms with Crippen LogP contribution in [-0.2, 0) is 9.47 Å². The predicted octanol–water partition coefficient (Wildman–Crippen LogP) is 2.20. The van der Waals surface area contributed by atoms with Crippen LogP contribution in [0.1, 0.15) is 0 Å². The van der Waals surface area contributed by atoms with E-state index in [0.717, 1.165) is 3.57 Å². The Hall–Kier alpha value is -1.35. The van der Waals surface area contributed by atoms with Gasteiger partial charge >= 0.3 is 12.1 Å². The molecule has 2 N–H and O–H groups in total. The molecule has 0 unspecified atom stereocenters. The Labute approximate surface area is 118 Å². The third-order valence-corrected chi connectivity index (χ3v) is 2.56. The lowest BCUT2D eigenvalue weighted by molar-refractivity contribution is 0.100. The fourth-order valence-electron chi connectivity index (χ4n) is 1.04. The van der Waals surface area contributed by atoms with Crippen LogP contribution in [0.25, 0.3) is 0 Å². The van der Waals surface area contributed by atoms with Gasteiger partial charge in [0.25, 0.3) is 0 Å². The van der Waals surface area contributed by atoms with Crippen molar-refractivity contribution in [2.24, 2.45) is 0 Å². The second-order valence-corrected chi connectivity index (χ2v) is 4.46. The van der Waals surface area contributed by atoms with E-state index in [9.17, 15) is 9.59 Å². The number of hydrogen-bond acceptors (Lipinski definition) is 4. The molecule has 1 aromatic rings. The van der Waals surface area contributed by atoms with Crippen molar-refractivity contribution >= 4 is 40.4 Å². The number of amides is 3. The fraction of sp³-hybridized carbons (Fsp3) is 0.273. The highest BCUT2D eigenvalue weighted by molar-refractivity contribution is 14.1. The number of anilines is 1. The summed E-state index contributed by atoms with van der Waals surface area (Å²) < 4.78 is 10.4. The molecule has 18 heavy (non-hydrogen) atoms. The van der Waals surface area contributed by atoms with Gasteiger partial charge in [0, 0.05) is 16.4 Å². The number of benzene rings is 1. The lowest BCUT2D eigenvalue weighted by atomic mass is 10.3. The molecule has 0 saturated heterocycles. The van der Waals surface area contributed by atoms with Crippen LogP contribution in [0.3, 0.4) is 0 Å². The number of nitrogens with one attached hydrogen (secondary N) is 2. The molecule has 3 amide bonds. The Morgan fingerprint density at radius 1 is 1.22 bits per heavy atom. The van der Waals surface area contributed by atoms with Crippen molar-refractivity contribution in [3.05, 3.63) is 27.8 Å². The second kappa shape index (κ2) is 7.88. The number of carbonyl (C=O) groups is 2. The average Bonchev–Trinajstić information content (AvgIpc) is 2.32. The van der Waals surface area contributed by atoms with Gasteiger partial charge in [-0.05, 0) is 46.9 Å². The minimum Gasteiger partial charge on any atom is -0.447 e. The normalized spacial score (nSPS) is 9.67. The number of carbonyl (C=O) groups excluding carboxylic acids is 2. The molecular weight excluding hydrogens is 351 g/mol. The van der Waals surface area contributed by atoms with Gasteiger partial charge in [-0.3, -0.25) is 0 Å². The number of ether oxygens (including phenoxy) is 2. The van der Waals surface area contributed by atoms with Crippen LogP contribution < -0.4 is 10.6 Å². The molecule has 0 heterocycles. The monoisotopic (exact) mass is 364 g/mol. The maximum absolute atomic E-state index is 11.4. The van der Waals surface area contributed by atoms with Gasteiger partial charge in [0.2, 0.25) is 0 Å². The van der Waals surface area contributed by atoms with E-state index in [-0.39, 0.29) is 13.2 Å². The van der Waals surface area contributed by atoms with Crippen molar-refractivity contribution in [2.75, 3.05) is 25.6 Å². The van der Waals surface area contributed by atoms with Gasteiger partial charge in [-0.25, -0.2) is 14.9 Å². The van der Waals surface area contributed by atoms with Crippen molar-refractivity contribution in [2.45, 2.75) is 0 Å². The van der Waals surface area contributed by atoms with E-state index in [2.05, 4.69) is 32.6 Å². The highest BCUT2D eigenvalue weighted by Gasteiger charge is 2.08. The zero-order valence-electron chi connectivity index (χ0n) is 9.73. The summed E-state index contributed by atoms with van der Waals surface area (Å²) in [6.45, 7) is 0.380. The van der Waals surface area contributed by atoms with Crippen molar-refractivity contribution in [1.82, 2.24) is 5.32 Å². The number of halogens is 1. The molecule has 0 saturated carbocycles. The minimum absolute atomic E-state index is 0.0964. The summed E-state index contributed by atoms with van der Waals surface area (Å²) in [7, 11) is 1.49. The van der Waals surface area contributed by atoms with Crippen LogP contribution in [-0.4, -0.2) is 32.4 Å². The number of hydrogen-bond donors (Lipinski definition) is 2. The molecule has 1 aromatic carbocycles. The van der Waals surface area contributed by atoms with Gasteiger partial charge in [-0.2, -0.15) is 0 Å². The van der Waals surface area contributed by atoms with Crippen molar-refractivity contribution in [3.63, 3.8) is 0 Å². The van der Waals surface area contributed by atoms with Crippen molar-refractivity contribution in [1.29, 1.82) is 0 Å². The summed E-state index contributed by atoms with van der Waals surface area (Å²) in [6.07, 6.45) is -0.810. The Kier molecular flexibility index (Phi) is 6.44. The summed E-state index contributed by atoms with van der Waals surface area (Å²) in [6, 6.07) is 6.51. The molecule has 0 spiro atoms. The zero-order chi connectivity index (χ0) is 13.4. The van der Waals surface area contributed by atoms with Gasteiger partial charge in [0.15, 0.2) is 0 Å². The first-order chi connectivity index (χ1) is 8.61. The van der Waals surface area contributed by atoms with E-state index >= 15 is 0 Å². The largest absolute Gasteiger partial charge is 0.447 e. The molecule has 0 bridgehead atoms. The van der Waals surface area contributed by atoms with Gasteiger partial charge in [-0.1, -0.05) is 0 Å². The standard InChI is InChI=1S/C11H13IN2O4/c1-17-6-7-18-11(16)14-10(15)13-9-4-2-8(12)3-5-9/h2-5H,6-7H2,1H3,(H2,13,14,15,16). The third-order valence-electron chi connectivity index (χ3n) is 1.84. The van der Waals surface area contributed by atoms with Crippen LogP contribution in [0.5, 0.6) is 0 Å². The van der Waals surface area contributed by atoms with Gasteiger partial charge in [0.1, 0.15) is 6.61 Å². The lowest BCUT2D eigenvalue weighted by Crippen LogP contribution is -2.35. The molecular formula is C11H13IN2O4. The number of methoxy groups -OCH3 is 1. The van der Waals surface area contributed by atoms with Crippen LogP contribution in [0.2, 0.25) is 0 Å². The molecule has 0 aliphatic heterocycles. The minimum atomic E-state index is -0.810. The van der Waals surface area contributed by atoms with E-state index in [4.69, 9.17) is 4.74 Å².